The topological polar surface area (TPSA) is 75.7 Å². The first-order valence-electron chi connectivity index (χ1n) is 6.79. The van der Waals surface area contributed by atoms with Gasteiger partial charge in [-0.25, -0.2) is 0 Å². The van der Waals surface area contributed by atoms with E-state index in [1.54, 1.807) is 11.0 Å². The molecule has 1 aromatic rings. The lowest BCUT2D eigenvalue weighted by atomic mass is 9.97. The number of piperidine rings is 1. The Bertz CT molecular complexity index is 515. The molecule has 0 spiro atoms. The van der Waals surface area contributed by atoms with E-state index in [1.165, 1.54) is 18.4 Å². The average molecular weight is 310 g/mol. The molecule has 1 atom stereocenters. The molecule has 0 unspecified atom stereocenters. The van der Waals surface area contributed by atoms with Crippen LogP contribution in [0.25, 0.3) is 0 Å². The van der Waals surface area contributed by atoms with Gasteiger partial charge in [0.1, 0.15) is 6.54 Å². The van der Waals surface area contributed by atoms with Gasteiger partial charge in [0.05, 0.1) is 17.9 Å². The first kappa shape index (κ1) is 15.5. The zero-order chi connectivity index (χ0) is 15.2. The number of esters is 1. The summed E-state index contributed by atoms with van der Waals surface area (Å²) in [5.41, 5.74) is 0. The fraction of sp³-hybridized carbons (Fsp3) is 0.500. The molecule has 0 aliphatic carbocycles. The molecule has 1 fully saturated rings. The fourth-order valence-electron chi connectivity index (χ4n) is 2.31. The van der Waals surface area contributed by atoms with Gasteiger partial charge in [-0.2, -0.15) is 0 Å². The van der Waals surface area contributed by atoms with Crippen LogP contribution >= 0.6 is 11.3 Å². The second kappa shape index (κ2) is 7.21. The number of carbonyl (C=O) groups excluding carboxylic acids is 3. The quantitative estimate of drug-likeness (QED) is 0.838. The van der Waals surface area contributed by atoms with Crippen LogP contribution in [0.4, 0.5) is 0 Å². The van der Waals surface area contributed by atoms with Gasteiger partial charge in [-0.05, 0) is 24.3 Å². The molecule has 6 nitrogen and oxygen atoms in total. The molecule has 2 rings (SSSR count). The zero-order valence-corrected chi connectivity index (χ0v) is 12.6. The maximum atomic E-state index is 12.3. The van der Waals surface area contributed by atoms with Crippen molar-refractivity contribution in [2.45, 2.75) is 12.8 Å². The summed E-state index contributed by atoms with van der Waals surface area (Å²) in [6, 6.07) is 3.62. The second-order valence-electron chi connectivity index (χ2n) is 4.86. The molecular weight excluding hydrogens is 292 g/mol. The van der Waals surface area contributed by atoms with E-state index < -0.39 is 5.97 Å². The Labute approximate surface area is 127 Å². The number of rotatable bonds is 4. The lowest BCUT2D eigenvalue weighted by molar-refractivity contribution is -0.141. The van der Waals surface area contributed by atoms with E-state index in [0.29, 0.717) is 18.0 Å². The molecule has 7 heteroatoms. The van der Waals surface area contributed by atoms with E-state index in [0.717, 1.165) is 12.8 Å². The van der Waals surface area contributed by atoms with Crippen LogP contribution in [0.2, 0.25) is 0 Å². The molecule has 1 aliphatic rings. The summed E-state index contributed by atoms with van der Waals surface area (Å²) in [4.78, 5) is 37.7. The van der Waals surface area contributed by atoms with Crippen LogP contribution in [0.1, 0.15) is 22.5 Å². The van der Waals surface area contributed by atoms with Crippen molar-refractivity contribution in [2.24, 2.45) is 5.92 Å². The Kier molecular flexibility index (Phi) is 5.32. The lowest BCUT2D eigenvalue weighted by Crippen LogP contribution is -2.46. The minimum Gasteiger partial charge on any atom is -0.468 e. The number of methoxy groups -OCH3 is 1. The maximum Gasteiger partial charge on any atom is 0.325 e. The number of nitrogens with zero attached hydrogens (tertiary/aromatic N) is 1. The number of hydrogen-bond acceptors (Lipinski definition) is 5. The number of thiophene rings is 1. The highest BCUT2D eigenvalue weighted by Crippen LogP contribution is 2.20. The molecule has 2 heterocycles. The van der Waals surface area contributed by atoms with Crippen molar-refractivity contribution >= 4 is 29.1 Å². The number of likely N-dealkylation sites (tertiary alicyclic amines) is 1. The molecule has 1 N–H and O–H groups in total. The summed E-state index contributed by atoms with van der Waals surface area (Å²) in [7, 11) is 1.27. The molecule has 0 aromatic carbocycles. The highest BCUT2D eigenvalue weighted by Gasteiger charge is 2.29. The molecule has 114 valence electrons. The van der Waals surface area contributed by atoms with Crippen molar-refractivity contribution in [2.75, 3.05) is 26.7 Å². The van der Waals surface area contributed by atoms with Gasteiger partial charge in [0.15, 0.2) is 0 Å². The normalized spacial score (nSPS) is 18.1. The standard InChI is InChI=1S/C14H18N2O4S/c1-20-12(17)8-15-13(18)10-4-2-6-16(9-10)14(19)11-5-3-7-21-11/h3,5,7,10H,2,4,6,8-9H2,1H3,(H,15,18)/t10-/m0/s1. The SMILES string of the molecule is COC(=O)CNC(=O)[C@H]1CCCN(C(=O)c2cccs2)C1. The first-order valence-corrected chi connectivity index (χ1v) is 7.67. The van der Waals surface area contributed by atoms with Crippen LogP contribution in [-0.2, 0) is 14.3 Å². The molecule has 2 amide bonds. The van der Waals surface area contributed by atoms with Crippen molar-refractivity contribution in [3.63, 3.8) is 0 Å². The molecule has 0 bridgehead atoms. The van der Waals surface area contributed by atoms with E-state index >= 15 is 0 Å². The highest BCUT2D eigenvalue weighted by atomic mass is 32.1. The van der Waals surface area contributed by atoms with E-state index in [-0.39, 0.29) is 24.3 Å². The van der Waals surface area contributed by atoms with Crippen molar-refractivity contribution in [1.82, 2.24) is 10.2 Å². The Hall–Kier alpha value is -1.89. The van der Waals surface area contributed by atoms with Gasteiger partial charge in [-0.15, -0.1) is 11.3 Å². The van der Waals surface area contributed by atoms with E-state index in [2.05, 4.69) is 10.1 Å². The number of amides is 2. The monoisotopic (exact) mass is 310 g/mol. The van der Waals surface area contributed by atoms with Crippen LogP contribution < -0.4 is 5.32 Å². The third kappa shape index (κ3) is 4.04. The maximum absolute atomic E-state index is 12.3. The van der Waals surface area contributed by atoms with Crippen LogP contribution in [0.15, 0.2) is 17.5 Å². The van der Waals surface area contributed by atoms with Crippen molar-refractivity contribution in [3.05, 3.63) is 22.4 Å². The highest BCUT2D eigenvalue weighted by molar-refractivity contribution is 7.12. The molecule has 1 saturated heterocycles. The molecule has 0 saturated carbocycles. The predicted octanol–water partition coefficient (Wildman–Crippen LogP) is 0.889. The van der Waals surface area contributed by atoms with Gasteiger partial charge < -0.3 is 15.0 Å². The molecule has 0 radical (unpaired) electrons. The summed E-state index contributed by atoms with van der Waals surface area (Å²) in [5, 5.41) is 4.41. The zero-order valence-electron chi connectivity index (χ0n) is 11.8. The summed E-state index contributed by atoms with van der Waals surface area (Å²) < 4.78 is 4.48. The van der Waals surface area contributed by atoms with Gasteiger partial charge in [-0.1, -0.05) is 6.07 Å². The first-order chi connectivity index (χ1) is 10.1. The van der Waals surface area contributed by atoms with Crippen LogP contribution in [0.5, 0.6) is 0 Å². The third-order valence-corrected chi connectivity index (χ3v) is 4.30. The molecule has 21 heavy (non-hydrogen) atoms. The van der Waals surface area contributed by atoms with E-state index in [1.807, 2.05) is 11.4 Å². The molecule has 1 aromatic heterocycles. The Balaban J connectivity index is 1.90. The fourth-order valence-corrected chi connectivity index (χ4v) is 3.00. The second-order valence-corrected chi connectivity index (χ2v) is 5.81. The largest absolute Gasteiger partial charge is 0.468 e. The van der Waals surface area contributed by atoms with Gasteiger partial charge in [0.2, 0.25) is 5.91 Å². The van der Waals surface area contributed by atoms with Gasteiger partial charge in [-0.3, -0.25) is 14.4 Å². The van der Waals surface area contributed by atoms with Crippen LogP contribution in [0, 0.1) is 5.92 Å². The lowest BCUT2D eigenvalue weighted by Gasteiger charge is -2.31. The number of hydrogen-bond donors (Lipinski definition) is 1. The van der Waals surface area contributed by atoms with Crippen molar-refractivity contribution in [3.8, 4) is 0 Å². The third-order valence-electron chi connectivity index (χ3n) is 3.45. The van der Waals surface area contributed by atoms with E-state index in [4.69, 9.17) is 0 Å². The van der Waals surface area contributed by atoms with Crippen molar-refractivity contribution in [1.29, 1.82) is 0 Å². The smallest absolute Gasteiger partial charge is 0.325 e. The minimum absolute atomic E-state index is 0.0320. The predicted molar refractivity (Wildman–Crippen MR) is 78.0 cm³/mol. The summed E-state index contributed by atoms with van der Waals surface area (Å²) >= 11 is 1.40. The summed E-state index contributed by atoms with van der Waals surface area (Å²) in [6.07, 6.45) is 1.51. The molecule has 1 aliphatic heterocycles. The Morgan fingerprint density at radius 2 is 2.29 bits per heavy atom. The summed E-state index contributed by atoms with van der Waals surface area (Å²) in [5.74, 6) is -0.988. The minimum atomic E-state index is -0.481. The van der Waals surface area contributed by atoms with Crippen LogP contribution in [-0.4, -0.2) is 49.4 Å². The Morgan fingerprint density at radius 3 is 2.95 bits per heavy atom. The number of nitrogens with one attached hydrogen (secondary N) is 1. The molecular formula is C14H18N2O4S. The Morgan fingerprint density at radius 1 is 1.48 bits per heavy atom. The van der Waals surface area contributed by atoms with Crippen LogP contribution in [0.3, 0.4) is 0 Å². The number of ether oxygens (including phenoxy) is 1. The average Bonchev–Trinajstić information content (AvgIpc) is 3.06. The summed E-state index contributed by atoms with van der Waals surface area (Å²) in [6.45, 7) is 0.923. The van der Waals surface area contributed by atoms with E-state index in [9.17, 15) is 14.4 Å². The number of carbonyl (C=O) groups is 3. The van der Waals surface area contributed by atoms with Crippen molar-refractivity contribution < 1.29 is 19.1 Å². The van der Waals surface area contributed by atoms with Gasteiger partial charge in [0, 0.05) is 13.1 Å². The van der Waals surface area contributed by atoms with Gasteiger partial charge in [0.25, 0.3) is 5.91 Å². The van der Waals surface area contributed by atoms with Gasteiger partial charge >= 0.3 is 5.97 Å².